The molecule has 0 unspecified atom stereocenters. The second-order valence-corrected chi connectivity index (χ2v) is 9.26. The van der Waals surface area contributed by atoms with Crippen molar-refractivity contribution >= 4 is 50.7 Å². The van der Waals surface area contributed by atoms with Crippen LogP contribution in [0.15, 0.2) is 59.7 Å². The molecule has 13 heteroatoms. The van der Waals surface area contributed by atoms with Crippen LogP contribution in [0.1, 0.15) is 38.1 Å². The highest BCUT2D eigenvalue weighted by Crippen LogP contribution is 2.31. The number of aromatic nitrogens is 2. The van der Waals surface area contributed by atoms with Gasteiger partial charge in [0.15, 0.2) is 0 Å². The van der Waals surface area contributed by atoms with E-state index in [0.29, 0.717) is 5.56 Å². The molecule has 0 saturated carbocycles. The van der Waals surface area contributed by atoms with Crippen LogP contribution in [0.5, 0.6) is 0 Å². The number of nitrogens with one attached hydrogen (secondary N) is 2. The van der Waals surface area contributed by atoms with Crippen LogP contribution < -0.4 is 16.2 Å². The summed E-state index contributed by atoms with van der Waals surface area (Å²) in [5, 5.41) is 5.13. The molecule has 0 saturated heterocycles. The van der Waals surface area contributed by atoms with Crippen molar-refractivity contribution in [3.63, 3.8) is 0 Å². The van der Waals surface area contributed by atoms with Gasteiger partial charge >= 0.3 is 12.1 Å². The maximum Gasteiger partial charge on any atom is 0.416 e. The molecule has 0 aliphatic carbocycles. The summed E-state index contributed by atoms with van der Waals surface area (Å²) in [7, 11) is 0. The van der Waals surface area contributed by atoms with Gasteiger partial charge in [-0.15, -0.1) is 11.3 Å². The van der Waals surface area contributed by atoms with Crippen LogP contribution in [0.25, 0.3) is 10.2 Å². The lowest BCUT2D eigenvalue weighted by molar-refractivity contribution is -0.137. The molecule has 2 N–H and O–H groups in total. The number of anilines is 2. The Hall–Kier alpha value is -4.52. The van der Waals surface area contributed by atoms with Crippen molar-refractivity contribution in [2.24, 2.45) is 0 Å². The first-order chi connectivity index (χ1) is 18.5. The topological polar surface area (TPSA) is 119 Å². The first kappa shape index (κ1) is 27.5. The molecule has 0 fully saturated rings. The highest BCUT2D eigenvalue weighted by atomic mass is 32.1. The summed E-state index contributed by atoms with van der Waals surface area (Å²) in [4.78, 5) is 55.6. The van der Waals surface area contributed by atoms with Gasteiger partial charge in [0.1, 0.15) is 11.4 Å². The fraction of sp³-hybridized carbons (Fsp3) is 0.192. The number of esters is 1. The largest absolute Gasteiger partial charge is 0.462 e. The summed E-state index contributed by atoms with van der Waals surface area (Å²) in [6.45, 7) is 2.86. The van der Waals surface area contributed by atoms with Crippen LogP contribution >= 0.6 is 11.3 Å². The average Bonchev–Trinajstić information content (AvgIpc) is 3.23. The number of nitrogens with zero attached hydrogens (tertiary/aromatic N) is 2. The number of amides is 2. The van der Waals surface area contributed by atoms with E-state index >= 15 is 0 Å². The van der Waals surface area contributed by atoms with Gasteiger partial charge in [-0.1, -0.05) is 18.2 Å². The molecule has 4 aromatic rings. The van der Waals surface area contributed by atoms with Crippen LogP contribution in [0.4, 0.5) is 24.5 Å². The summed E-state index contributed by atoms with van der Waals surface area (Å²) in [6, 6.07) is 10.4. The van der Waals surface area contributed by atoms with Crippen LogP contribution in [0.2, 0.25) is 0 Å². The molecule has 0 aliphatic rings. The van der Waals surface area contributed by atoms with Crippen molar-refractivity contribution < 1.29 is 32.3 Å². The van der Waals surface area contributed by atoms with Crippen molar-refractivity contribution in [1.82, 2.24) is 9.55 Å². The lowest BCUT2D eigenvalue weighted by Crippen LogP contribution is -2.28. The maximum atomic E-state index is 13.1. The Labute approximate surface area is 223 Å². The first-order valence-corrected chi connectivity index (χ1v) is 12.3. The molecule has 9 nitrogen and oxygen atoms in total. The van der Waals surface area contributed by atoms with E-state index in [2.05, 4.69) is 15.6 Å². The Kier molecular flexibility index (Phi) is 7.81. The molecule has 0 aliphatic heterocycles. The van der Waals surface area contributed by atoms with Gasteiger partial charge in [0.25, 0.3) is 11.5 Å². The number of carbonyl (C=O) groups excluding carboxylic acids is 3. The van der Waals surface area contributed by atoms with E-state index in [-0.39, 0.29) is 38.6 Å². The van der Waals surface area contributed by atoms with Gasteiger partial charge in [0.2, 0.25) is 5.91 Å². The van der Waals surface area contributed by atoms with E-state index < -0.39 is 41.6 Å². The summed E-state index contributed by atoms with van der Waals surface area (Å²) >= 11 is 0.964. The zero-order valence-electron chi connectivity index (χ0n) is 20.6. The smallest absolute Gasteiger partial charge is 0.416 e. The zero-order valence-corrected chi connectivity index (χ0v) is 21.4. The third kappa shape index (κ3) is 5.98. The van der Waals surface area contributed by atoms with Crippen LogP contribution in [0, 0.1) is 6.92 Å². The van der Waals surface area contributed by atoms with Crippen molar-refractivity contribution in [2.75, 3.05) is 17.2 Å². The number of ether oxygens (including phenoxy) is 1. The standard InChI is InChI=1S/C26H21F3N4O5S/c1-3-38-25(37)17-9-4-5-10-18(17)32-22(35)21-14(2)20-23(39-21)30-13-33(24(20)36)12-19(34)31-16-8-6-7-15(11-16)26(27,28)29/h4-11,13H,3,12H2,1-2H3,(H,31,34)(H,32,35). The summed E-state index contributed by atoms with van der Waals surface area (Å²) in [5.41, 5.74) is -0.880. The zero-order chi connectivity index (χ0) is 28.3. The number of alkyl halides is 3. The van der Waals surface area contributed by atoms with Gasteiger partial charge in [-0.25, -0.2) is 9.78 Å². The number of thiophene rings is 1. The van der Waals surface area contributed by atoms with Crippen LogP contribution in [-0.2, 0) is 22.3 Å². The number of aryl methyl sites for hydroxylation is 1. The monoisotopic (exact) mass is 558 g/mol. The third-order valence-electron chi connectivity index (χ3n) is 5.58. The Morgan fingerprint density at radius 1 is 1.08 bits per heavy atom. The van der Waals surface area contributed by atoms with Crippen molar-refractivity contribution in [1.29, 1.82) is 0 Å². The molecule has 2 aromatic carbocycles. The predicted molar refractivity (Wildman–Crippen MR) is 139 cm³/mol. The van der Waals surface area contributed by atoms with E-state index in [9.17, 15) is 32.3 Å². The SMILES string of the molecule is CCOC(=O)c1ccccc1NC(=O)c1sc2ncn(CC(=O)Nc3cccc(C(F)(F)F)c3)c(=O)c2c1C. The number of hydrogen-bond donors (Lipinski definition) is 2. The molecule has 0 bridgehead atoms. The Morgan fingerprint density at radius 2 is 1.82 bits per heavy atom. The fourth-order valence-corrected chi connectivity index (χ4v) is 4.81. The minimum atomic E-state index is -4.58. The van der Waals surface area contributed by atoms with E-state index in [1.165, 1.54) is 12.1 Å². The van der Waals surface area contributed by atoms with E-state index in [0.717, 1.165) is 40.4 Å². The second kappa shape index (κ2) is 11.1. The summed E-state index contributed by atoms with van der Waals surface area (Å²) < 4.78 is 44.9. The highest BCUT2D eigenvalue weighted by Gasteiger charge is 2.30. The van der Waals surface area contributed by atoms with Gasteiger partial charge in [-0.3, -0.25) is 19.0 Å². The molecule has 0 atom stereocenters. The van der Waals surface area contributed by atoms with Crippen molar-refractivity contribution in [3.8, 4) is 0 Å². The minimum absolute atomic E-state index is 0.0781. The number of rotatable bonds is 7. The van der Waals surface area contributed by atoms with Crippen LogP contribution in [0.3, 0.4) is 0 Å². The number of hydrogen-bond acceptors (Lipinski definition) is 7. The van der Waals surface area contributed by atoms with Gasteiger partial charge < -0.3 is 15.4 Å². The molecule has 2 amide bonds. The van der Waals surface area contributed by atoms with E-state index in [1.807, 2.05) is 0 Å². The molecule has 2 heterocycles. The van der Waals surface area contributed by atoms with E-state index in [1.54, 1.807) is 32.0 Å². The maximum absolute atomic E-state index is 13.1. The molecule has 4 rings (SSSR count). The number of halogens is 3. The van der Waals surface area contributed by atoms with Crippen LogP contribution in [-0.4, -0.2) is 33.9 Å². The lowest BCUT2D eigenvalue weighted by Gasteiger charge is -2.10. The predicted octanol–water partition coefficient (Wildman–Crippen LogP) is 4.85. The number of benzene rings is 2. The Balaban J connectivity index is 1.56. The highest BCUT2D eigenvalue weighted by molar-refractivity contribution is 7.20. The van der Waals surface area contributed by atoms with Gasteiger partial charge in [0.05, 0.1) is 40.0 Å². The Bertz CT molecular complexity index is 1640. The van der Waals surface area contributed by atoms with Crippen molar-refractivity contribution in [2.45, 2.75) is 26.6 Å². The summed E-state index contributed by atoms with van der Waals surface area (Å²) in [6.07, 6.45) is -3.45. The van der Waals surface area contributed by atoms with Crippen molar-refractivity contribution in [3.05, 3.63) is 86.8 Å². The minimum Gasteiger partial charge on any atom is -0.462 e. The van der Waals surface area contributed by atoms with Gasteiger partial charge in [-0.2, -0.15) is 13.2 Å². The number of para-hydroxylation sites is 1. The molecule has 0 spiro atoms. The quantitative estimate of drug-likeness (QED) is 0.313. The molecular weight excluding hydrogens is 537 g/mol. The second-order valence-electron chi connectivity index (χ2n) is 8.26. The molecule has 39 heavy (non-hydrogen) atoms. The molecular formula is C26H21F3N4O5S. The average molecular weight is 559 g/mol. The van der Waals surface area contributed by atoms with E-state index in [4.69, 9.17) is 4.74 Å². The summed E-state index contributed by atoms with van der Waals surface area (Å²) in [5.74, 6) is -1.91. The number of fused-ring (bicyclic) bond motifs is 1. The fourth-order valence-electron chi connectivity index (χ4n) is 3.77. The lowest BCUT2D eigenvalue weighted by atomic mass is 10.1. The Morgan fingerprint density at radius 3 is 2.54 bits per heavy atom. The van der Waals surface area contributed by atoms with Gasteiger partial charge in [-0.05, 0) is 49.7 Å². The third-order valence-corrected chi connectivity index (χ3v) is 6.78. The first-order valence-electron chi connectivity index (χ1n) is 11.5. The molecule has 2 aromatic heterocycles. The number of carbonyl (C=O) groups is 3. The van der Waals surface area contributed by atoms with Gasteiger partial charge in [0, 0.05) is 5.69 Å². The normalized spacial score (nSPS) is 11.3. The molecule has 0 radical (unpaired) electrons. The molecule has 202 valence electrons.